The van der Waals surface area contributed by atoms with Crippen LogP contribution in [0.2, 0.25) is 0 Å². The quantitative estimate of drug-likeness (QED) is 0.355. The Bertz CT molecular complexity index is 409. The standard InChI is InChI=1S/C12H26N4O3S.HI/c1-4-13-12(15-11(2)3)14-5-10-20(17,18)16-6-8-19-9-7-16;/h11H,4-10H2,1-3H3,(H2,13,14,15);1H. The van der Waals surface area contributed by atoms with Crippen molar-refractivity contribution in [1.29, 1.82) is 0 Å². The van der Waals surface area contributed by atoms with Crippen LogP contribution in [0.15, 0.2) is 4.99 Å². The molecule has 7 nitrogen and oxygen atoms in total. The van der Waals surface area contributed by atoms with E-state index in [4.69, 9.17) is 4.74 Å². The van der Waals surface area contributed by atoms with Crippen molar-refractivity contribution in [2.24, 2.45) is 4.99 Å². The Labute approximate surface area is 145 Å². The fourth-order valence-electron chi connectivity index (χ4n) is 1.82. The van der Waals surface area contributed by atoms with Crippen LogP contribution in [0, 0.1) is 0 Å². The fraction of sp³-hybridized carbons (Fsp3) is 0.917. The predicted molar refractivity (Wildman–Crippen MR) is 95.8 cm³/mol. The van der Waals surface area contributed by atoms with Crippen molar-refractivity contribution in [1.82, 2.24) is 14.9 Å². The van der Waals surface area contributed by atoms with Crippen molar-refractivity contribution >= 4 is 40.0 Å². The van der Waals surface area contributed by atoms with Gasteiger partial charge in [0, 0.05) is 25.7 Å². The van der Waals surface area contributed by atoms with Gasteiger partial charge in [-0.2, -0.15) is 4.31 Å². The Hall–Kier alpha value is -0.130. The van der Waals surface area contributed by atoms with Gasteiger partial charge in [0.15, 0.2) is 5.96 Å². The molecule has 1 rings (SSSR count). The van der Waals surface area contributed by atoms with Crippen LogP contribution >= 0.6 is 24.0 Å². The molecule has 1 saturated heterocycles. The number of ether oxygens (including phenoxy) is 1. The van der Waals surface area contributed by atoms with Gasteiger partial charge in [0.25, 0.3) is 0 Å². The lowest BCUT2D eigenvalue weighted by Crippen LogP contribution is -2.43. The highest BCUT2D eigenvalue weighted by atomic mass is 127. The van der Waals surface area contributed by atoms with Gasteiger partial charge in [-0.15, -0.1) is 24.0 Å². The predicted octanol–water partition coefficient (Wildman–Crippen LogP) is 0.230. The smallest absolute Gasteiger partial charge is 0.216 e. The van der Waals surface area contributed by atoms with E-state index < -0.39 is 10.0 Å². The average molecular weight is 434 g/mol. The number of aliphatic imine (C=N–C) groups is 1. The summed E-state index contributed by atoms with van der Waals surface area (Å²) in [6.45, 7) is 8.82. The molecule has 0 bridgehead atoms. The molecule has 9 heteroatoms. The summed E-state index contributed by atoms with van der Waals surface area (Å²) in [4.78, 5) is 4.29. The van der Waals surface area contributed by atoms with E-state index in [1.807, 2.05) is 20.8 Å². The minimum Gasteiger partial charge on any atom is -0.379 e. The van der Waals surface area contributed by atoms with Crippen molar-refractivity contribution in [3.05, 3.63) is 0 Å². The Balaban J connectivity index is 0.00000400. The van der Waals surface area contributed by atoms with E-state index in [9.17, 15) is 8.42 Å². The average Bonchev–Trinajstić information content (AvgIpc) is 2.39. The van der Waals surface area contributed by atoms with Crippen LogP contribution in [0.3, 0.4) is 0 Å². The highest BCUT2D eigenvalue weighted by Crippen LogP contribution is 2.05. The fourth-order valence-corrected chi connectivity index (χ4v) is 3.11. The number of rotatable bonds is 6. The minimum absolute atomic E-state index is 0. The van der Waals surface area contributed by atoms with Crippen molar-refractivity contribution < 1.29 is 13.2 Å². The van der Waals surface area contributed by atoms with Crippen LogP contribution in [-0.4, -0.2) is 69.9 Å². The van der Waals surface area contributed by atoms with Crippen molar-refractivity contribution in [2.75, 3.05) is 45.1 Å². The molecule has 0 unspecified atom stereocenters. The van der Waals surface area contributed by atoms with Gasteiger partial charge in [-0.1, -0.05) is 0 Å². The van der Waals surface area contributed by atoms with E-state index in [-0.39, 0.29) is 42.3 Å². The van der Waals surface area contributed by atoms with Gasteiger partial charge in [0.1, 0.15) is 0 Å². The number of morpholine rings is 1. The summed E-state index contributed by atoms with van der Waals surface area (Å²) >= 11 is 0. The topological polar surface area (TPSA) is 83.0 Å². The van der Waals surface area contributed by atoms with E-state index in [0.717, 1.165) is 6.54 Å². The molecular formula is C12H27IN4O3S. The molecule has 126 valence electrons. The van der Waals surface area contributed by atoms with E-state index in [1.165, 1.54) is 4.31 Å². The molecule has 0 radical (unpaired) electrons. The van der Waals surface area contributed by atoms with Crippen LogP contribution in [-0.2, 0) is 14.8 Å². The molecular weight excluding hydrogens is 407 g/mol. The first-order chi connectivity index (χ1) is 9.45. The Kier molecular flexibility index (Phi) is 10.5. The van der Waals surface area contributed by atoms with Crippen LogP contribution in [0.5, 0.6) is 0 Å². The maximum atomic E-state index is 12.1. The molecule has 1 heterocycles. The summed E-state index contributed by atoms with van der Waals surface area (Å²) in [7, 11) is -3.23. The monoisotopic (exact) mass is 434 g/mol. The molecule has 1 fully saturated rings. The lowest BCUT2D eigenvalue weighted by molar-refractivity contribution is 0.0731. The van der Waals surface area contributed by atoms with Crippen LogP contribution < -0.4 is 10.6 Å². The second-order valence-corrected chi connectivity index (χ2v) is 6.98. The van der Waals surface area contributed by atoms with Gasteiger partial charge in [0.2, 0.25) is 10.0 Å². The zero-order valence-corrected chi connectivity index (χ0v) is 16.1. The molecule has 0 spiro atoms. The highest BCUT2D eigenvalue weighted by molar-refractivity contribution is 14.0. The summed E-state index contributed by atoms with van der Waals surface area (Å²) in [5, 5.41) is 6.25. The molecule has 1 aliphatic rings. The summed E-state index contributed by atoms with van der Waals surface area (Å²) in [5.74, 6) is 0.682. The highest BCUT2D eigenvalue weighted by Gasteiger charge is 2.23. The van der Waals surface area contributed by atoms with Gasteiger partial charge in [-0.3, -0.25) is 4.99 Å². The first kappa shape index (κ1) is 20.9. The normalized spacial score (nSPS) is 17.4. The van der Waals surface area contributed by atoms with Crippen molar-refractivity contribution in [3.8, 4) is 0 Å². The lowest BCUT2D eigenvalue weighted by Gasteiger charge is -2.25. The number of hydrogen-bond acceptors (Lipinski definition) is 4. The molecule has 2 N–H and O–H groups in total. The SMILES string of the molecule is CCNC(=NCCS(=O)(=O)N1CCOCC1)NC(C)C.I. The Morgan fingerprint density at radius 3 is 2.48 bits per heavy atom. The van der Waals surface area contributed by atoms with E-state index >= 15 is 0 Å². The number of nitrogens with one attached hydrogen (secondary N) is 2. The number of nitrogens with zero attached hydrogens (tertiary/aromatic N) is 2. The molecule has 0 amide bonds. The van der Waals surface area contributed by atoms with E-state index in [2.05, 4.69) is 15.6 Å². The van der Waals surface area contributed by atoms with Crippen LogP contribution in [0.1, 0.15) is 20.8 Å². The van der Waals surface area contributed by atoms with Gasteiger partial charge in [-0.05, 0) is 20.8 Å². The first-order valence-corrected chi connectivity index (χ1v) is 8.67. The van der Waals surface area contributed by atoms with Crippen molar-refractivity contribution in [2.45, 2.75) is 26.8 Å². The third kappa shape index (κ3) is 8.17. The van der Waals surface area contributed by atoms with Crippen LogP contribution in [0.25, 0.3) is 0 Å². The molecule has 21 heavy (non-hydrogen) atoms. The zero-order valence-electron chi connectivity index (χ0n) is 13.0. The molecule has 0 saturated carbocycles. The first-order valence-electron chi connectivity index (χ1n) is 7.06. The molecule has 0 aromatic rings. The zero-order chi connectivity index (χ0) is 15.0. The molecule has 1 aliphatic heterocycles. The second kappa shape index (κ2) is 10.6. The molecule has 0 atom stereocenters. The molecule has 0 aromatic carbocycles. The third-order valence-electron chi connectivity index (χ3n) is 2.75. The largest absolute Gasteiger partial charge is 0.379 e. The van der Waals surface area contributed by atoms with Gasteiger partial charge in [0.05, 0.1) is 25.5 Å². The van der Waals surface area contributed by atoms with E-state index in [0.29, 0.717) is 32.3 Å². The van der Waals surface area contributed by atoms with Gasteiger partial charge >= 0.3 is 0 Å². The molecule has 0 aromatic heterocycles. The third-order valence-corrected chi connectivity index (χ3v) is 4.60. The Morgan fingerprint density at radius 2 is 1.95 bits per heavy atom. The summed E-state index contributed by atoms with van der Waals surface area (Å²) in [6, 6.07) is 0.253. The summed E-state index contributed by atoms with van der Waals surface area (Å²) < 4.78 is 30.9. The number of halogens is 1. The number of guanidine groups is 1. The van der Waals surface area contributed by atoms with Crippen molar-refractivity contribution in [3.63, 3.8) is 0 Å². The molecule has 0 aliphatic carbocycles. The minimum atomic E-state index is -3.23. The maximum Gasteiger partial charge on any atom is 0.216 e. The number of sulfonamides is 1. The van der Waals surface area contributed by atoms with E-state index in [1.54, 1.807) is 0 Å². The van der Waals surface area contributed by atoms with Gasteiger partial charge in [-0.25, -0.2) is 8.42 Å². The number of hydrogen-bond donors (Lipinski definition) is 2. The maximum absolute atomic E-state index is 12.1. The summed E-state index contributed by atoms with van der Waals surface area (Å²) in [5.41, 5.74) is 0. The van der Waals surface area contributed by atoms with Crippen LogP contribution in [0.4, 0.5) is 0 Å². The lowest BCUT2D eigenvalue weighted by atomic mass is 10.4. The second-order valence-electron chi connectivity index (χ2n) is 4.89. The van der Waals surface area contributed by atoms with Gasteiger partial charge < -0.3 is 15.4 Å². The Morgan fingerprint density at radius 1 is 1.33 bits per heavy atom. The summed E-state index contributed by atoms with van der Waals surface area (Å²) in [6.07, 6.45) is 0.